The second-order valence-electron chi connectivity index (χ2n) is 4.45. The summed E-state index contributed by atoms with van der Waals surface area (Å²) in [6.45, 7) is 0.988. The smallest absolute Gasteiger partial charge is 0.0220 e. The molecule has 1 aromatic carbocycles. The quantitative estimate of drug-likeness (QED) is 0.746. The number of rotatable bonds is 3. The molecule has 16 heavy (non-hydrogen) atoms. The first-order valence-corrected chi connectivity index (χ1v) is 7.80. The van der Waals surface area contributed by atoms with Crippen LogP contribution in [0.2, 0.25) is 0 Å². The average molecular weight is 394 g/mol. The highest BCUT2D eigenvalue weighted by Gasteiger charge is 2.12. The predicted molar refractivity (Wildman–Crippen MR) is 80.6 cm³/mol. The van der Waals surface area contributed by atoms with E-state index in [-0.39, 0.29) is 0 Å². The minimum Gasteiger partial charge on any atom is -0.310 e. The second kappa shape index (κ2) is 6.36. The van der Waals surface area contributed by atoms with Gasteiger partial charge in [0.15, 0.2) is 0 Å². The average Bonchev–Trinajstić information content (AvgIpc) is 2.32. The summed E-state index contributed by atoms with van der Waals surface area (Å²) in [5.74, 6) is 0. The van der Waals surface area contributed by atoms with Gasteiger partial charge in [-0.3, -0.25) is 0 Å². The van der Waals surface area contributed by atoms with E-state index in [9.17, 15) is 0 Å². The number of hydrogen-bond donors (Lipinski definition) is 1. The lowest BCUT2D eigenvalue weighted by Crippen LogP contribution is -2.30. The highest BCUT2D eigenvalue weighted by atomic mass is 127. The van der Waals surface area contributed by atoms with Gasteiger partial charge in [0.1, 0.15) is 0 Å². The van der Waals surface area contributed by atoms with Crippen LogP contribution < -0.4 is 5.32 Å². The molecule has 0 aromatic heterocycles. The van der Waals surface area contributed by atoms with Gasteiger partial charge >= 0.3 is 0 Å². The summed E-state index contributed by atoms with van der Waals surface area (Å²) in [7, 11) is 0. The van der Waals surface area contributed by atoms with Crippen LogP contribution in [0.25, 0.3) is 0 Å². The Morgan fingerprint density at radius 2 is 2.00 bits per heavy atom. The maximum Gasteiger partial charge on any atom is 0.0220 e. The Morgan fingerprint density at radius 3 is 2.75 bits per heavy atom. The summed E-state index contributed by atoms with van der Waals surface area (Å²) >= 11 is 5.98. The van der Waals surface area contributed by atoms with Crippen molar-refractivity contribution in [2.24, 2.45) is 0 Å². The standard InChI is InChI=1S/C13H17BrIN/c14-13-7-6-11(15)8-10(13)9-16-12-4-2-1-3-5-12/h6-8,12,16H,1-5,9H2. The van der Waals surface area contributed by atoms with Crippen molar-refractivity contribution in [2.45, 2.75) is 44.7 Å². The molecule has 0 unspecified atom stereocenters. The summed E-state index contributed by atoms with van der Waals surface area (Å²) in [6.07, 6.45) is 6.91. The number of nitrogens with one attached hydrogen (secondary N) is 1. The van der Waals surface area contributed by atoms with Gasteiger partial charge in [0.2, 0.25) is 0 Å². The van der Waals surface area contributed by atoms with E-state index in [1.807, 2.05) is 0 Å². The maximum atomic E-state index is 3.67. The molecule has 0 bridgehead atoms. The van der Waals surface area contributed by atoms with Crippen molar-refractivity contribution in [1.82, 2.24) is 5.32 Å². The van der Waals surface area contributed by atoms with Gasteiger partial charge in [0.05, 0.1) is 0 Å². The van der Waals surface area contributed by atoms with Crippen LogP contribution in [0.5, 0.6) is 0 Å². The molecule has 1 N–H and O–H groups in total. The monoisotopic (exact) mass is 393 g/mol. The molecule has 3 heteroatoms. The van der Waals surface area contributed by atoms with Gasteiger partial charge in [-0.05, 0) is 59.2 Å². The van der Waals surface area contributed by atoms with Crippen molar-refractivity contribution < 1.29 is 0 Å². The Bertz CT molecular complexity index is 348. The maximum absolute atomic E-state index is 3.67. The van der Waals surface area contributed by atoms with Crippen molar-refractivity contribution in [3.05, 3.63) is 31.8 Å². The van der Waals surface area contributed by atoms with Crippen LogP contribution in [-0.2, 0) is 6.54 Å². The van der Waals surface area contributed by atoms with Crippen molar-refractivity contribution in [1.29, 1.82) is 0 Å². The summed E-state index contributed by atoms with van der Waals surface area (Å²) in [6, 6.07) is 7.26. The van der Waals surface area contributed by atoms with E-state index in [2.05, 4.69) is 62.0 Å². The molecule has 1 aliphatic rings. The third kappa shape index (κ3) is 3.70. The predicted octanol–water partition coefficient (Wildman–Crippen LogP) is 4.48. The summed E-state index contributed by atoms with van der Waals surface area (Å²) < 4.78 is 2.53. The molecule has 0 saturated heterocycles. The molecular formula is C13H17BrIN. The Morgan fingerprint density at radius 1 is 1.25 bits per heavy atom. The molecule has 0 aliphatic heterocycles. The van der Waals surface area contributed by atoms with Crippen molar-refractivity contribution in [2.75, 3.05) is 0 Å². The molecule has 0 radical (unpaired) electrons. The van der Waals surface area contributed by atoms with Crippen LogP contribution in [0.15, 0.2) is 22.7 Å². The molecule has 0 spiro atoms. The van der Waals surface area contributed by atoms with Crippen LogP contribution in [0.1, 0.15) is 37.7 Å². The van der Waals surface area contributed by atoms with Crippen molar-refractivity contribution in [3.63, 3.8) is 0 Å². The minimum atomic E-state index is 0.735. The van der Waals surface area contributed by atoms with Crippen LogP contribution in [0.4, 0.5) is 0 Å². The first-order valence-electron chi connectivity index (χ1n) is 5.93. The number of benzene rings is 1. The van der Waals surface area contributed by atoms with Crippen LogP contribution in [0.3, 0.4) is 0 Å². The molecule has 2 rings (SSSR count). The lowest BCUT2D eigenvalue weighted by atomic mass is 9.95. The molecular weight excluding hydrogens is 377 g/mol. The van der Waals surface area contributed by atoms with Crippen LogP contribution in [-0.4, -0.2) is 6.04 Å². The van der Waals surface area contributed by atoms with Crippen LogP contribution >= 0.6 is 38.5 Å². The lowest BCUT2D eigenvalue weighted by Gasteiger charge is -2.23. The first kappa shape index (κ1) is 12.8. The zero-order valence-corrected chi connectivity index (χ0v) is 13.1. The van der Waals surface area contributed by atoms with E-state index in [1.54, 1.807) is 0 Å². The van der Waals surface area contributed by atoms with Gasteiger partial charge in [0.25, 0.3) is 0 Å². The molecule has 88 valence electrons. The summed E-state index contributed by atoms with van der Waals surface area (Å²) in [4.78, 5) is 0. The SMILES string of the molecule is Brc1ccc(I)cc1CNC1CCCCC1. The third-order valence-corrected chi connectivity index (χ3v) is 4.64. The molecule has 1 nitrogen and oxygen atoms in total. The first-order chi connectivity index (χ1) is 7.75. The van der Waals surface area contributed by atoms with E-state index in [1.165, 1.54) is 45.7 Å². The fraction of sp³-hybridized carbons (Fsp3) is 0.538. The molecule has 0 amide bonds. The van der Waals surface area contributed by atoms with Gasteiger partial charge in [-0.1, -0.05) is 35.2 Å². The fourth-order valence-electron chi connectivity index (χ4n) is 2.24. The molecule has 1 saturated carbocycles. The van der Waals surface area contributed by atoms with E-state index in [0.717, 1.165) is 12.6 Å². The van der Waals surface area contributed by atoms with E-state index in [0.29, 0.717) is 0 Å². The van der Waals surface area contributed by atoms with Gasteiger partial charge < -0.3 is 5.32 Å². The summed E-state index contributed by atoms with van der Waals surface area (Å²) in [5, 5.41) is 3.67. The third-order valence-electron chi connectivity index (χ3n) is 3.19. The van der Waals surface area contributed by atoms with Gasteiger partial charge in [-0.25, -0.2) is 0 Å². The lowest BCUT2D eigenvalue weighted by molar-refractivity contribution is 0.372. The zero-order valence-electron chi connectivity index (χ0n) is 9.31. The minimum absolute atomic E-state index is 0.735. The Labute approximate surface area is 120 Å². The van der Waals surface area contributed by atoms with E-state index in [4.69, 9.17) is 0 Å². The number of hydrogen-bond acceptors (Lipinski definition) is 1. The largest absolute Gasteiger partial charge is 0.310 e. The second-order valence-corrected chi connectivity index (χ2v) is 6.55. The molecule has 0 atom stereocenters. The van der Waals surface area contributed by atoms with Crippen molar-refractivity contribution >= 4 is 38.5 Å². The Balaban J connectivity index is 1.90. The van der Waals surface area contributed by atoms with Gasteiger partial charge in [-0.2, -0.15) is 0 Å². The van der Waals surface area contributed by atoms with Crippen LogP contribution in [0, 0.1) is 3.57 Å². The highest BCUT2D eigenvalue weighted by molar-refractivity contribution is 14.1. The molecule has 0 heterocycles. The zero-order chi connectivity index (χ0) is 11.4. The van der Waals surface area contributed by atoms with E-state index < -0.39 is 0 Å². The van der Waals surface area contributed by atoms with Gasteiger partial charge in [-0.15, -0.1) is 0 Å². The topological polar surface area (TPSA) is 12.0 Å². The Hall–Kier alpha value is 0.390. The molecule has 1 aromatic rings. The highest BCUT2D eigenvalue weighted by Crippen LogP contribution is 2.21. The van der Waals surface area contributed by atoms with E-state index >= 15 is 0 Å². The molecule has 1 aliphatic carbocycles. The van der Waals surface area contributed by atoms with Crippen molar-refractivity contribution in [3.8, 4) is 0 Å². The Kier molecular flexibility index (Phi) is 5.10. The van der Waals surface area contributed by atoms with Gasteiger partial charge in [0, 0.05) is 20.6 Å². The normalized spacial score (nSPS) is 17.6. The summed E-state index contributed by atoms with van der Waals surface area (Å²) in [5.41, 5.74) is 1.37. The fourth-order valence-corrected chi connectivity index (χ4v) is 3.18. The molecule has 1 fully saturated rings. The number of halogens is 2.